The SMILES string of the molecule is CCCCC/C=C\C/C=C\CCCCCCCCCC(=O)OCC(COC(=O)CCCCCCCCCCCCCCCC/C=C\C/C=C\C/C=C\CCCCCCC)OC(=O)CCCCCCCCC/C=C\CCCCCCCCC. The molecule has 0 spiro atoms. The highest BCUT2D eigenvalue weighted by Crippen LogP contribution is 2.17. The lowest BCUT2D eigenvalue weighted by molar-refractivity contribution is -0.167. The van der Waals surface area contributed by atoms with Crippen LogP contribution in [0.3, 0.4) is 0 Å². The van der Waals surface area contributed by atoms with Crippen LogP contribution in [0.15, 0.2) is 72.9 Å². The number of ether oxygens (including phenoxy) is 3. The number of carbonyl (C=O) groups excluding carboxylic acids is 3. The van der Waals surface area contributed by atoms with Crippen LogP contribution in [-0.2, 0) is 28.6 Å². The van der Waals surface area contributed by atoms with Crippen molar-refractivity contribution in [1.29, 1.82) is 0 Å². The molecule has 476 valence electrons. The highest BCUT2D eigenvalue weighted by Gasteiger charge is 2.19. The minimum absolute atomic E-state index is 0.0774. The monoisotopic (exact) mass is 1150 g/mol. The van der Waals surface area contributed by atoms with Gasteiger partial charge >= 0.3 is 17.9 Å². The van der Waals surface area contributed by atoms with E-state index in [2.05, 4.69) is 93.7 Å². The van der Waals surface area contributed by atoms with Crippen LogP contribution in [0.4, 0.5) is 0 Å². The second-order valence-electron chi connectivity index (χ2n) is 24.1. The Labute approximate surface area is 510 Å². The third-order valence-electron chi connectivity index (χ3n) is 15.9. The zero-order chi connectivity index (χ0) is 59.2. The molecule has 0 bridgehead atoms. The summed E-state index contributed by atoms with van der Waals surface area (Å²) >= 11 is 0. The summed E-state index contributed by atoms with van der Waals surface area (Å²) in [5, 5.41) is 0. The van der Waals surface area contributed by atoms with Crippen LogP contribution in [0, 0.1) is 0 Å². The van der Waals surface area contributed by atoms with Crippen molar-refractivity contribution in [2.75, 3.05) is 13.2 Å². The summed E-state index contributed by atoms with van der Waals surface area (Å²) in [6, 6.07) is 0. The van der Waals surface area contributed by atoms with Gasteiger partial charge in [0.05, 0.1) is 0 Å². The van der Waals surface area contributed by atoms with Gasteiger partial charge in [-0.1, -0.05) is 312 Å². The van der Waals surface area contributed by atoms with Gasteiger partial charge in [-0.15, -0.1) is 0 Å². The molecule has 0 fully saturated rings. The number of carbonyl (C=O) groups is 3. The first kappa shape index (κ1) is 78.8. The van der Waals surface area contributed by atoms with E-state index in [1.54, 1.807) is 0 Å². The predicted octanol–water partition coefficient (Wildman–Crippen LogP) is 24.8. The molecule has 0 aromatic rings. The first-order valence-corrected chi connectivity index (χ1v) is 35.9. The Morgan fingerprint density at radius 2 is 0.439 bits per heavy atom. The fraction of sp³-hybridized carbons (Fsp3) is 0.803. The van der Waals surface area contributed by atoms with Crippen molar-refractivity contribution in [3.8, 4) is 0 Å². The van der Waals surface area contributed by atoms with Gasteiger partial charge in [0.15, 0.2) is 6.10 Å². The van der Waals surface area contributed by atoms with Gasteiger partial charge < -0.3 is 14.2 Å². The van der Waals surface area contributed by atoms with Crippen molar-refractivity contribution in [3.05, 3.63) is 72.9 Å². The minimum atomic E-state index is -0.783. The van der Waals surface area contributed by atoms with Crippen molar-refractivity contribution in [3.63, 3.8) is 0 Å². The standard InChI is InChI=1S/C76H136O6/c1-4-7-10-13-16-19-22-25-28-31-33-34-35-36-37-38-39-40-41-42-43-46-48-51-54-57-60-63-66-69-75(78)81-72-73(71-80-74(77)68-65-62-59-56-53-50-47-44-30-27-24-21-18-15-12-9-6-3)82-76(79)70-67-64-61-58-55-52-49-45-32-29-26-23-20-17-14-11-8-5-2/h18,21-22,25,27,29-33,35-36,73H,4-17,19-20,23-24,26,28,34,37-72H2,1-3H3/b21-18-,25-22-,30-27-,32-29-,33-31-,36-35-. The molecule has 6 nitrogen and oxygen atoms in total. The predicted molar refractivity (Wildman–Crippen MR) is 358 cm³/mol. The lowest BCUT2D eigenvalue weighted by Gasteiger charge is -2.18. The van der Waals surface area contributed by atoms with Crippen LogP contribution < -0.4 is 0 Å². The van der Waals surface area contributed by atoms with Gasteiger partial charge in [-0.25, -0.2) is 0 Å². The zero-order valence-electron chi connectivity index (χ0n) is 54.8. The fourth-order valence-electron chi connectivity index (χ4n) is 10.5. The molecule has 0 aromatic carbocycles. The number of hydrogen-bond donors (Lipinski definition) is 0. The maximum Gasteiger partial charge on any atom is 0.306 e. The van der Waals surface area contributed by atoms with Gasteiger partial charge in [0.1, 0.15) is 13.2 Å². The molecule has 0 aromatic heterocycles. The first-order chi connectivity index (χ1) is 40.5. The summed E-state index contributed by atoms with van der Waals surface area (Å²) in [6.45, 7) is 6.64. The van der Waals surface area contributed by atoms with Crippen molar-refractivity contribution in [2.45, 2.75) is 380 Å². The smallest absolute Gasteiger partial charge is 0.306 e. The maximum absolute atomic E-state index is 13.0. The van der Waals surface area contributed by atoms with Gasteiger partial charge in [-0.2, -0.15) is 0 Å². The van der Waals surface area contributed by atoms with E-state index >= 15 is 0 Å². The Balaban J connectivity index is 4.28. The van der Waals surface area contributed by atoms with Crippen molar-refractivity contribution >= 4 is 17.9 Å². The van der Waals surface area contributed by atoms with Crippen LogP contribution in [-0.4, -0.2) is 37.2 Å². The molecule has 0 N–H and O–H groups in total. The average molecular weight is 1150 g/mol. The quantitative estimate of drug-likeness (QED) is 0.0261. The van der Waals surface area contributed by atoms with E-state index in [1.165, 1.54) is 250 Å². The molecule has 0 amide bonds. The number of allylic oxidation sites excluding steroid dienone is 12. The molecule has 82 heavy (non-hydrogen) atoms. The summed E-state index contributed by atoms with van der Waals surface area (Å²) in [5.74, 6) is -0.869. The van der Waals surface area contributed by atoms with Crippen molar-refractivity contribution in [1.82, 2.24) is 0 Å². The first-order valence-electron chi connectivity index (χ1n) is 35.9. The topological polar surface area (TPSA) is 78.9 Å². The second-order valence-corrected chi connectivity index (χ2v) is 24.1. The number of esters is 3. The zero-order valence-corrected chi connectivity index (χ0v) is 54.8. The molecule has 0 heterocycles. The molecule has 6 heteroatoms. The van der Waals surface area contributed by atoms with Crippen LogP contribution >= 0.6 is 0 Å². The van der Waals surface area contributed by atoms with E-state index in [9.17, 15) is 14.4 Å². The molecular weight excluding hydrogens is 1010 g/mol. The van der Waals surface area contributed by atoms with Crippen molar-refractivity contribution in [2.24, 2.45) is 0 Å². The molecule has 0 aliphatic heterocycles. The summed E-state index contributed by atoms with van der Waals surface area (Å²) in [7, 11) is 0. The van der Waals surface area contributed by atoms with E-state index in [-0.39, 0.29) is 31.1 Å². The number of rotatable bonds is 66. The Morgan fingerprint density at radius 1 is 0.244 bits per heavy atom. The average Bonchev–Trinajstić information content (AvgIpc) is 3.47. The van der Waals surface area contributed by atoms with Crippen LogP contribution in [0.2, 0.25) is 0 Å². The fourth-order valence-corrected chi connectivity index (χ4v) is 10.5. The summed E-state index contributed by atoms with van der Waals surface area (Å²) in [4.78, 5) is 38.5. The van der Waals surface area contributed by atoms with Gasteiger partial charge in [0.2, 0.25) is 0 Å². The third kappa shape index (κ3) is 67.6. The summed E-state index contributed by atoms with van der Waals surface area (Å²) < 4.78 is 17.0. The Hall–Kier alpha value is -3.15. The van der Waals surface area contributed by atoms with Crippen LogP contribution in [0.5, 0.6) is 0 Å². The van der Waals surface area contributed by atoms with E-state index in [0.717, 1.165) is 83.5 Å². The normalized spacial score (nSPS) is 12.5. The second kappa shape index (κ2) is 70.3. The Morgan fingerprint density at radius 3 is 0.720 bits per heavy atom. The van der Waals surface area contributed by atoms with Gasteiger partial charge in [-0.05, 0) is 116 Å². The van der Waals surface area contributed by atoms with E-state index < -0.39 is 6.10 Å². The van der Waals surface area contributed by atoms with Gasteiger partial charge in [0, 0.05) is 19.3 Å². The molecule has 0 aliphatic carbocycles. The summed E-state index contributed by atoms with van der Waals surface area (Å²) in [6.07, 6.45) is 92.1. The molecule has 0 saturated carbocycles. The van der Waals surface area contributed by atoms with Crippen LogP contribution in [0.25, 0.3) is 0 Å². The molecule has 0 aliphatic rings. The lowest BCUT2D eigenvalue weighted by atomic mass is 10.0. The largest absolute Gasteiger partial charge is 0.462 e. The minimum Gasteiger partial charge on any atom is -0.462 e. The Kier molecular flexibility index (Phi) is 67.6. The molecule has 0 radical (unpaired) electrons. The molecule has 0 rings (SSSR count). The highest BCUT2D eigenvalue weighted by molar-refractivity contribution is 5.71. The number of hydrogen-bond acceptors (Lipinski definition) is 6. The molecule has 0 saturated heterocycles. The van der Waals surface area contributed by atoms with E-state index in [0.29, 0.717) is 19.3 Å². The maximum atomic E-state index is 13.0. The molecule has 1 atom stereocenters. The van der Waals surface area contributed by atoms with Gasteiger partial charge in [0.25, 0.3) is 0 Å². The van der Waals surface area contributed by atoms with Crippen molar-refractivity contribution < 1.29 is 28.6 Å². The van der Waals surface area contributed by atoms with E-state index in [1.807, 2.05) is 0 Å². The van der Waals surface area contributed by atoms with Crippen LogP contribution in [0.1, 0.15) is 374 Å². The lowest BCUT2D eigenvalue weighted by Crippen LogP contribution is -2.30. The highest BCUT2D eigenvalue weighted by atomic mass is 16.6. The third-order valence-corrected chi connectivity index (χ3v) is 15.9. The number of unbranched alkanes of at least 4 members (excludes halogenated alkanes) is 43. The molecular formula is C76H136O6. The van der Waals surface area contributed by atoms with Gasteiger partial charge in [-0.3, -0.25) is 14.4 Å². The molecule has 1 unspecified atom stereocenters. The van der Waals surface area contributed by atoms with E-state index in [4.69, 9.17) is 14.2 Å². The Bertz CT molecular complexity index is 1500. The summed E-state index contributed by atoms with van der Waals surface area (Å²) in [5.41, 5.74) is 0.